The maximum Gasteiger partial charge on any atom is 0.191 e. The Kier molecular flexibility index (Phi) is 7.29. The minimum Gasteiger partial charge on any atom is -0.497 e. The third-order valence-electron chi connectivity index (χ3n) is 5.54. The van der Waals surface area contributed by atoms with E-state index in [4.69, 9.17) is 4.74 Å². The Hall–Kier alpha value is -2.32. The van der Waals surface area contributed by atoms with Crippen molar-refractivity contribution in [3.05, 3.63) is 52.0 Å². The molecule has 0 radical (unpaired) electrons. The number of hydrogen-bond donors (Lipinski definition) is 1. The summed E-state index contributed by atoms with van der Waals surface area (Å²) in [6.07, 6.45) is 6.01. The zero-order valence-corrected chi connectivity index (χ0v) is 19.6. The third kappa shape index (κ3) is 5.49. The van der Waals surface area contributed by atoms with Gasteiger partial charge in [-0.25, -0.2) is 0 Å². The summed E-state index contributed by atoms with van der Waals surface area (Å²) in [6, 6.07) is 12.2. The van der Waals surface area contributed by atoms with Crippen LogP contribution in [0.15, 0.2) is 41.6 Å². The lowest BCUT2D eigenvalue weighted by Crippen LogP contribution is -2.18. The van der Waals surface area contributed by atoms with Gasteiger partial charge in [-0.2, -0.15) is 0 Å². The number of aromatic nitrogens is 3. The summed E-state index contributed by atoms with van der Waals surface area (Å²) in [7, 11) is 1.67. The Labute approximate surface area is 191 Å². The van der Waals surface area contributed by atoms with Crippen molar-refractivity contribution in [2.24, 2.45) is 0 Å². The summed E-state index contributed by atoms with van der Waals surface area (Å²) >= 11 is 3.05. The van der Waals surface area contributed by atoms with Crippen molar-refractivity contribution in [1.29, 1.82) is 0 Å². The van der Waals surface area contributed by atoms with Gasteiger partial charge < -0.3 is 14.6 Å². The average Bonchev–Trinajstić information content (AvgIpc) is 3.43. The Balaban J connectivity index is 1.49. The lowest BCUT2D eigenvalue weighted by Gasteiger charge is -2.25. The molecular weight excluding hydrogens is 428 g/mol. The topological polar surface area (TPSA) is 69.0 Å². The number of thioether (sulfide) groups is 1. The zero-order chi connectivity index (χ0) is 21.6. The van der Waals surface area contributed by atoms with Gasteiger partial charge >= 0.3 is 0 Å². The molecule has 3 aromatic rings. The van der Waals surface area contributed by atoms with Crippen molar-refractivity contribution in [2.75, 3.05) is 18.2 Å². The normalized spacial score (nSPS) is 14.5. The second-order valence-electron chi connectivity index (χ2n) is 7.77. The lowest BCUT2D eigenvalue weighted by molar-refractivity contribution is 0.102. The minimum atomic E-state index is 0.150. The number of rotatable bonds is 9. The fourth-order valence-electron chi connectivity index (χ4n) is 3.93. The van der Waals surface area contributed by atoms with Gasteiger partial charge in [0.25, 0.3) is 0 Å². The zero-order valence-electron chi connectivity index (χ0n) is 18.0. The molecule has 1 fully saturated rings. The van der Waals surface area contributed by atoms with Crippen molar-refractivity contribution in [2.45, 2.75) is 56.8 Å². The van der Waals surface area contributed by atoms with Gasteiger partial charge in [0.15, 0.2) is 16.8 Å². The first-order valence-corrected chi connectivity index (χ1v) is 12.5. The van der Waals surface area contributed by atoms with Gasteiger partial charge in [-0.1, -0.05) is 37.1 Å². The van der Waals surface area contributed by atoms with E-state index in [0.717, 1.165) is 45.0 Å². The number of nitrogens with one attached hydrogen (secondary N) is 1. The van der Waals surface area contributed by atoms with Gasteiger partial charge in [-0.05, 0) is 44.0 Å². The van der Waals surface area contributed by atoms with Crippen molar-refractivity contribution in [3.63, 3.8) is 0 Å². The van der Waals surface area contributed by atoms with E-state index in [1.807, 2.05) is 43.3 Å². The van der Waals surface area contributed by atoms with Crippen LogP contribution in [0.5, 0.6) is 5.75 Å². The smallest absolute Gasteiger partial charge is 0.191 e. The van der Waals surface area contributed by atoms with Crippen LogP contribution >= 0.6 is 23.1 Å². The van der Waals surface area contributed by atoms with Gasteiger partial charge in [-0.3, -0.25) is 4.79 Å². The van der Waals surface area contributed by atoms with Crippen LogP contribution in [0.4, 0.5) is 5.69 Å². The van der Waals surface area contributed by atoms with Crippen LogP contribution in [0.1, 0.15) is 58.5 Å². The molecule has 0 spiro atoms. The molecule has 2 aromatic heterocycles. The standard InChI is InChI=1S/C23H28N4O2S2/c1-16-11-12-21(31-16)20(28)15-30-23-26-25-22(27(23)18-8-4-3-5-9-18)14-24-17-7-6-10-19(13-17)29-2/h6-7,10-13,18,24H,3-5,8-9,14-15H2,1-2H3. The monoisotopic (exact) mass is 456 g/mol. The molecule has 31 heavy (non-hydrogen) atoms. The quantitative estimate of drug-likeness (QED) is 0.327. The lowest BCUT2D eigenvalue weighted by atomic mass is 9.95. The van der Waals surface area contributed by atoms with Gasteiger partial charge in [0, 0.05) is 22.7 Å². The fourth-order valence-corrected chi connectivity index (χ4v) is 5.74. The summed E-state index contributed by atoms with van der Waals surface area (Å²) in [5, 5.41) is 13.3. The maximum absolute atomic E-state index is 12.6. The van der Waals surface area contributed by atoms with Gasteiger partial charge in [0.2, 0.25) is 0 Å². The highest BCUT2D eigenvalue weighted by molar-refractivity contribution is 7.99. The van der Waals surface area contributed by atoms with E-state index in [-0.39, 0.29) is 5.78 Å². The van der Waals surface area contributed by atoms with Crippen LogP contribution in [0.3, 0.4) is 0 Å². The first-order valence-electron chi connectivity index (χ1n) is 10.7. The number of carbonyl (C=O) groups is 1. The number of methoxy groups -OCH3 is 1. The molecule has 1 aliphatic rings. The number of hydrogen-bond acceptors (Lipinski definition) is 7. The SMILES string of the molecule is COc1cccc(NCc2nnc(SCC(=O)c3ccc(C)s3)n2C2CCCCC2)c1. The predicted octanol–water partition coefficient (Wildman–Crippen LogP) is 5.75. The fraction of sp³-hybridized carbons (Fsp3) is 0.435. The highest BCUT2D eigenvalue weighted by Gasteiger charge is 2.23. The number of thiophene rings is 1. The van der Waals surface area contributed by atoms with Crippen molar-refractivity contribution >= 4 is 34.6 Å². The Bertz CT molecular complexity index is 1020. The molecule has 1 N–H and O–H groups in total. The van der Waals surface area contributed by atoms with Crippen molar-refractivity contribution in [1.82, 2.24) is 14.8 Å². The second kappa shape index (κ2) is 10.3. The Morgan fingerprint density at radius 1 is 1.23 bits per heavy atom. The second-order valence-corrected chi connectivity index (χ2v) is 10.00. The van der Waals surface area contributed by atoms with E-state index < -0.39 is 0 Å². The molecule has 0 bridgehead atoms. The third-order valence-corrected chi connectivity index (χ3v) is 7.53. The molecule has 0 aliphatic heterocycles. The summed E-state index contributed by atoms with van der Waals surface area (Å²) in [5.41, 5.74) is 0.981. The first-order chi connectivity index (χ1) is 15.1. The molecule has 2 heterocycles. The summed E-state index contributed by atoms with van der Waals surface area (Å²) < 4.78 is 7.58. The largest absolute Gasteiger partial charge is 0.497 e. The maximum atomic E-state index is 12.6. The van der Waals surface area contributed by atoms with E-state index in [9.17, 15) is 4.79 Å². The number of anilines is 1. The minimum absolute atomic E-state index is 0.150. The molecule has 0 unspecified atom stereocenters. The molecule has 164 valence electrons. The van der Waals surface area contributed by atoms with Gasteiger partial charge in [0.1, 0.15) is 5.75 Å². The van der Waals surface area contributed by atoms with Crippen LogP contribution in [0.25, 0.3) is 0 Å². The Morgan fingerprint density at radius 3 is 2.81 bits per heavy atom. The number of Topliss-reactive ketones (excluding diaryl/α,β-unsaturated/α-hetero) is 1. The van der Waals surface area contributed by atoms with Crippen molar-refractivity contribution in [3.8, 4) is 5.75 Å². The average molecular weight is 457 g/mol. The number of benzene rings is 1. The molecule has 0 saturated heterocycles. The number of aryl methyl sites for hydroxylation is 1. The van der Waals surface area contributed by atoms with Crippen LogP contribution in [0.2, 0.25) is 0 Å². The molecule has 1 aromatic carbocycles. The Morgan fingerprint density at radius 2 is 2.06 bits per heavy atom. The number of carbonyl (C=O) groups excluding carboxylic acids is 1. The summed E-state index contributed by atoms with van der Waals surface area (Å²) in [5.74, 6) is 2.26. The highest BCUT2D eigenvalue weighted by atomic mass is 32.2. The predicted molar refractivity (Wildman–Crippen MR) is 127 cm³/mol. The van der Waals surface area contributed by atoms with Crippen LogP contribution in [0, 0.1) is 6.92 Å². The highest BCUT2D eigenvalue weighted by Crippen LogP contribution is 2.33. The number of nitrogens with zero attached hydrogens (tertiary/aromatic N) is 3. The van der Waals surface area contributed by atoms with E-state index in [0.29, 0.717) is 18.3 Å². The molecule has 0 atom stereocenters. The van der Waals surface area contributed by atoms with Gasteiger partial charge in [0.05, 0.1) is 24.3 Å². The molecule has 1 saturated carbocycles. The van der Waals surface area contributed by atoms with Crippen molar-refractivity contribution < 1.29 is 9.53 Å². The van der Waals surface area contributed by atoms with Crippen LogP contribution < -0.4 is 10.1 Å². The van der Waals surface area contributed by atoms with E-state index in [1.165, 1.54) is 31.0 Å². The number of ketones is 1. The molecule has 1 aliphatic carbocycles. The van der Waals surface area contributed by atoms with E-state index in [2.05, 4.69) is 20.1 Å². The van der Waals surface area contributed by atoms with E-state index in [1.54, 1.807) is 18.4 Å². The molecule has 8 heteroatoms. The summed E-state index contributed by atoms with van der Waals surface area (Å²) in [4.78, 5) is 14.6. The molecule has 4 rings (SSSR count). The summed E-state index contributed by atoms with van der Waals surface area (Å²) in [6.45, 7) is 2.60. The molecule has 6 nitrogen and oxygen atoms in total. The molecular formula is C23H28N4O2S2. The first kappa shape index (κ1) is 21.9. The van der Waals surface area contributed by atoms with Crippen LogP contribution in [-0.2, 0) is 6.54 Å². The molecule has 0 amide bonds. The van der Waals surface area contributed by atoms with Gasteiger partial charge in [-0.15, -0.1) is 21.5 Å². The van der Waals surface area contributed by atoms with E-state index >= 15 is 0 Å². The number of ether oxygens (including phenoxy) is 1. The van der Waals surface area contributed by atoms with Crippen LogP contribution in [-0.4, -0.2) is 33.4 Å².